The molecular weight excluding hydrogens is 391 g/mol. The van der Waals surface area contributed by atoms with Gasteiger partial charge in [-0.15, -0.1) is 0 Å². The van der Waals surface area contributed by atoms with E-state index in [-0.39, 0.29) is 6.03 Å². The topological polar surface area (TPSA) is 32.3 Å². The van der Waals surface area contributed by atoms with Gasteiger partial charge in [0.25, 0.3) is 0 Å². The standard InChI is InChI=1S/C23H22Cl2N2O/c1-16-8-11-22(17(2)12-16)26-23(28)27(14-18-6-4-3-5-7-18)15-19-9-10-20(24)13-21(19)25/h3-13H,14-15H2,1-2H3,(H,26,28). The van der Waals surface area contributed by atoms with E-state index in [4.69, 9.17) is 23.2 Å². The van der Waals surface area contributed by atoms with Crippen LogP contribution in [0.2, 0.25) is 10.0 Å². The molecule has 28 heavy (non-hydrogen) atoms. The van der Waals surface area contributed by atoms with E-state index in [2.05, 4.69) is 5.32 Å². The molecule has 0 heterocycles. The quantitative estimate of drug-likeness (QED) is 0.488. The van der Waals surface area contributed by atoms with Crippen LogP contribution in [0, 0.1) is 13.8 Å². The van der Waals surface area contributed by atoms with Crippen LogP contribution in [0.25, 0.3) is 0 Å². The maximum atomic E-state index is 13.1. The molecule has 0 aliphatic rings. The van der Waals surface area contributed by atoms with E-state index in [1.165, 1.54) is 0 Å². The molecule has 0 atom stereocenters. The Bertz CT molecular complexity index is 974. The molecule has 2 amide bonds. The van der Waals surface area contributed by atoms with Crippen molar-refractivity contribution in [1.29, 1.82) is 0 Å². The van der Waals surface area contributed by atoms with Crippen LogP contribution >= 0.6 is 23.2 Å². The minimum absolute atomic E-state index is 0.179. The van der Waals surface area contributed by atoms with E-state index >= 15 is 0 Å². The number of carbonyl (C=O) groups is 1. The van der Waals surface area contributed by atoms with Crippen LogP contribution in [-0.4, -0.2) is 10.9 Å². The molecule has 0 spiro atoms. The van der Waals surface area contributed by atoms with Crippen LogP contribution in [-0.2, 0) is 13.1 Å². The zero-order valence-corrected chi connectivity index (χ0v) is 17.4. The van der Waals surface area contributed by atoms with Crippen molar-refractivity contribution in [2.24, 2.45) is 0 Å². The van der Waals surface area contributed by atoms with Gasteiger partial charge in [-0.2, -0.15) is 0 Å². The first-order valence-corrected chi connectivity index (χ1v) is 9.79. The van der Waals surface area contributed by atoms with Crippen molar-refractivity contribution in [1.82, 2.24) is 4.90 Å². The number of anilines is 1. The van der Waals surface area contributed by atoms with Gasteiger partial charge in [0.05, 0.1) is 0 Å². The fraction of sp³-hybridized carbons (Fsp3) is 0.174. The average Bonchev–Trinajstić information content (AvgIpc) is 2.66. The van der Waals surface area contributed by atoms with E-state index in [9.17, 15) is 4.79 Å². The first kappa shape index (κ1) is 20.2. The Morgan fingerprint density at radius 3 is 2.36 bits per heavy atom. The number of hydrogen-bond acceptors (Lipinski definition) is 1. The lowest BCUT2D eigenvalue weighted by atomic mass is 10.1. The summed E-state index contributed by atoms with van der Waals surface area (Å²) in [7, 11) is 0. The Labute approximate surface area is 175 Å². The van der Waals surface area contributed by atoms with Crippen molar-refractivity contribution >= 4 is 34.9 Å². The van der Waals surface area contributed by atoms with Gasteiger partial charge in [0, 0.05) is 28.8 Å². The minimum Gasteiger partial charge on any atom is -0.316 e. The summed E-state index contributed by atoms with van der Waals surface area (Å²) in [6, 6.07) is 21.0. The molecule has 3 aromatic carbocycles. The lowest BCUT2D eigenvalue weighted by Crippen LogP contribution is -2.34. The van der Waals surface area contributed by atoms with Crippen LogP contribution in [0.1, 0.15) is 22.3 Å². The van der Waals surface area contributed by atoms with E-state index < -0.39 is 0 Å². The summed E-state index contributed by atoms with van der Waals surface area (Å²) in [4.78, 5) is 14.8. The lowest BCUT2D eigenvalue weighted by molar-refractivity contribution is 0.206. The Balaban J connectivity index is 1.85. The molecule has 0 aliphatic carbocycles. The lowest BCUT2D eigenvalue weighted by Gasteiger charge is -2.24. The Morgan fingerprint density at radius 2 is 1.68 bits per heavy atom. The van der Waals surface area contributed by atoms with Gasteiger partial charge < -0.3 is 10.2 Å². The molecule has 1 N–H and O–H groups in total. The van der Waals surface area contributed by atoms with E-state index in [0.717, 1.165) is 27.9 Å². The van der Waals surface area contributed by atoms with Gasteiger partial charge in [-0.25, -0.2) is 4.79 Å². The number of hydrogen-bond donors (Lipinski definition) is 1. The van der Waals surface area contributed by atoms with Gasteiger partial charge in [-0.1, -0.05) is 77.3 Å². The largest absolute Gasteiger partial charge is 0.322 e. The number of nitrogens with one attached hydrogen (secondary N) is 1. The molecule has 0 saturated heterocycles. The second-order valence-electron chi connectivity index (χ2n) is 6.83. The summed E-state index contributed by atoms with van der Waals surface area (Å²) >= 11 is 12.3. The van der Waals surface area contributed by atoms with Gasteiger partial charge in [0.15, 0.2) is 0 Å². The molecule has 3 nitrogen and oxygen atoms in total. The smallest absolute Gasteiger partial charge is 0.316 e. The predicted octanol–water partition coefficient (Wildman–Crippen LogP) is 6.84. The molecule has 144 valence electrons. The third kappa shape index (κ3) is 5.28. The third-order valence-electron chi connectivity index (χ3n) is 4.50. The van der Waals surface area contributed by atoms with Gasteiger partial charge in [-0.3, -0.25) is 0 Å². The molecule has 0 aliphatic heterocycles. The first-order valence-electron chi connectivity index (χ1n) is 9.03. The molecule has 0 aromatic heterocycles. The third-order valence-corrected chi connectivity index (χ3v) is 5.09. The summed E-state index contributed by atoms with van der Waals surface area (Å²) in [6.07, 6.45) is 0. The average molecular weight is 413 g/mol. The molecular formula is C23H22Cl2N2O. The fourth-order valence-electron chi connectivity index (χ4n) is 3.01. The summed E-state index contributed by atoms with van der Waals surface area (Å²) < 4.78 is 0. The predicted molar refractivity (Wildman–Crippen MR) is 117 cm³/mol. The van der Waals surface area contributed by atoms with E-state index in [0.29, 0.717) is 23.1 Å². The molecule has 0 saturated carbocycles. The number of nitrogens with zero attached hydrogens (tertiary/aromatic N) is 1. The van der Waals surface area contributed by atoms with Crippen molar-refractivity contribution < 1.29 is 4.79 Å². The highest BCUT2D eigenvalue weighted by atomic mass is 35.5. The van der Waals surface area contributed by atoms with Crippen LogP contribution in [0.4, 0.5) is 10.5 Å². The molecule has 3 aromatic rings. The molecule has 5 heteroatoms. The molecule has 0 fully saturated rings. The zero-order chi connectivity index (χ0) is 20.1. The second-order valence-corrected chi connectivity index (χ2v) is 7.67. The van der Waals surface area contributed by atoms with Gasteiger partial charge >= 0.3 is 6.03 Å². The number of halogens is 2. The summed E-state index contributed by atoms with van der Waals surface area (Å²) in [6.45, 7) is 4.86. The summed E-state index contributed by atoms with van der Waals surface area (Å²) in [5.41, 5.74) is 4.87. The van der Waals surface area contributed by atoms with Crippen LogP contribution in [0.5, 0.6) is 0 Å². The van der Waals surface area contributed by atoms with Crippen molar-refractivity contribution in [2.45, 2.75) is 26.9 Å². The van der Waals surface area contributed by atoms with E-state index in [1.54, 1.807) is 17.0 Å². The normalized spacial score (nSPS) is 10.6. The Hall–Kier alpha value is -2.49. The number of amides is 2. The fourth-order valence-corrected chi connectivity index (χ4v) is 3.48. The van der Waals surface area contributed by atoms with Crippen molar-refractivity contribution in [3.8, 4) is 0 Å². The van der Waals surface area contributed by atoms with Crippen LogP contribution in [0.15, 0.2) is 66.7 Å². The zero-order valence-electron chi connectivity index (χ0n) is 15.9. The maximum Gasteiger partial charge on any atom is 0.322 e. The van der Waals surface area contributed by atoms with Gasteiger partial charge in [0.1, 0.15) is 0 Å². The SMILES string of the molecule is Cc1ccc(NC(=O)N(Cc2ccccc2)Cc2ccc(Cl)cc2Cl)c(C)c1. The van der Waals surface area contributed by atoms with Crippen LogP contribution < -0.4 is 5.32 Å². The number of carbonyl (C=O) groups excluding carboxylic acids is 1. The Kier molecular flexibility index (Phi) is 6.61. The second kappa shape index (κ2) is 9.13. The molecule has 0 radical (unpaired) electrons. The molecule has 3 rings (SSSR count). The van der Waals surface area contributed by atoms with Crippen LogP contribution in [0.3, 0.4) is 0 Å². The first-order chi connectivity index (χ1) is 13.4. The number of rotatable bonds is 5. The highest BCUT2D eigenvalue weighted by Crippen LogP contribution is 2.24. The Morgan fingerprint density at radius 1 is 0.929 bits per heavy atom. The van der Waals surface area contributed by atoms with Crippen molar-refractivity contribution in [3.63, 3.8) is 0 Å². The van der Waals surface area contributed by atoms with Crippen molar-refractivity contribution in [3.05, 3.63) is 99.0 Å². The molecule has 0 bridgehead atoms. The monoisotopic (exact) mass is 412 g/mol. The van der Waals surface area contributed by atoms with Gasteiger partial charge in [0.2, 0.25) is 0 Å². The number of aryl methyl sites for hydroxylation is 2. The van der Waals surface area contributed by atoms with E-state index in [1.807, 2.05) is 68.4 Å². The highest BCUT2D eigenvalue weighted by molar-refractivity contribution is 6.35. The molecule has 0 unspecified atom stereocenters. The summed E-state index contributed by atoms with van der Waals surface area (Å²) in [5.74, 6) is 0. The highest BCUT2D eigenvalue weighted by Gasteiger charge is 2.17. The minimum atomic E-state index is -0.179. The number of benzene rings is 3. The summed E-state index contributed by atoms with van der Waals surface area (Å²) in [5, 5.41) is 4.15. The maximum absolute atomic E-state index is 13.1. The number of urea groups is 1. The van der Waals surface area contributed by atoms with Gasteiger partial charge in [-0.05, 0) is 48.7 Å². The van der Waals surface area contributed by atoms with Crippen molar-refractivity contribution in [2.75, 3.05) is 5.32 Å².